The van der Waals surface area contributed by atoms with Gasteiger partial charge in [-0.05, 0) is 116 Å². The molecule has 4 rings (SSSR count). The standard InChI is InChI=1S/C37H66NO5P.20Y/c1-8-28(26(2)3)14-13-27(4)32-17-18-33-31-16-15-29-25-30(19-21-36(29,5)34(31)20-22-37(32,33)6)43-35(39)38-23-11-9-10-12-24-42-44(7,40)41;;;;;;;;;;;;;;;;;;;;/h15,26-28,30-34H,8-14,16-25H2,1-7H3,(H,38,39)(H,40,41);;;;;;;;;;;;;;;;;;;;/t27-,28-,30+,31+,32-,33+,34+,36+,37-;;;;;;;;;;;;;;;;;;;;/m1..................../s1. The molecule has 20 radical (unpaired) electrons. The number of alkyl carbamates (subject to hydrolysis) is 1. The molecule has 0 aromatic heterocycles. The summed E-state index contributed by atoms with van der Waals surface area (Å²) in [7, 11) is -3.38. The number of ether oxygens (including phenoxy) is 1. The van der Waals surface area contributed by atoms with E-state index in [0.29, 0.717) is 18.6 Å². The molecule has 3 fully saturated rings. The number of carbonyl (C=O) groups excluding carboxylic acids is 1. The molecular weight excluding hydrogens is 2350 g/mol. The number of amides is 1. The normalized spacial score (nSPS) is 24.7. The molecule has 0 bridgehead atoms. The quantitative estimate of drug-likeness (QED) is 0.0970. The Labute approximate surface area is 897 Å². The van der Waals surface area contributed by atoms with E-state index < -0.39 is 7.60 Å². The van der Waals surface area contributed by atoms with E-state index in [2.05, 4.69) is 52.9 Å². The van der Waals surface area contributed by atoms with E-state index in [-0.39, 0.29) is 672 Å². The van der Waals surface area contributed by atoms with E-state index in [1.54, 1.807) is 5.57 Å². The molecule has 3 saturated carbocycles. The predicted octanol–water partition coefficient (Wildman–Crippen LogP) is 10.1. The van der Waals surface area contributed by atoms with Crippen LogP contribution in [0.4, 0.5) is 4.79 Å². The van der Waals surface area contributed by atoms with Gasteiger partial charge in [0.15, 0.2) is 0 Å². The molecule has 27 heteroatoms. The van der Waals surface area contributed by atoms with Crippen LogP contribution in [0.15, 0.2) is 11.6 Å². The van der Waals surface area contributed by atoms with Crippen LogP contribution in [-0.2, 0) is 668 Å². The number of hydrogen-bond acceptors (Lipinski definition) is 4. The molecule has 314 valence electrons. The van der Waals surface area contributed by atoms with Crippen LogP contribution in [-0.4, -0.2) is 36.9 Å². The maximum absolute atomic E-state index is 12.6. The molecular formula is C37H66NO5PY20. The molecule has 0 spiro atoms. The second-order valence-electron chi connectivity index (χ2n) is 16.2. The van der Waals surface area contributed by atoms with Gasteiger partial charge in [0, 0.05) is 674 Å². The van der Waals surface area contributed by atoms with E-state index in [4.69, 9.17) is 14.2 Å². The first-order valence-electron chi connectivity index (χ1n) is 18.4. The van der Waals surface area contributed by atoms with Crippen molar-refractivity contribution in [1.29, 1.82) is 0 Å². The van der Waals surface area contributed by atoms with Crippen molar-refractivity contribution >= 4 is 13.7 Å². The summed E-state index contributed by atoms with van der Waals surface area (Å²) in [6.45, 7) is 17.1. The van der Waals surface area contributed by atoms with Crippen molar-refractivity contribution in [2.45, 2.75) is 144 Å². The SMILES string of the molecule is CC[C@H](CC[C@@H](C)[C@H]1CC[C@H]2[C@@H]3CC=C4C[C@@H](OC(=O)NCCCCCCOP(C)(=O)O)CC[C@]4(C)[C@H]3CC[C@]12C)C(C)C.[Y].[Y].[Y].[Y].[Y].[Y].[Y].[Y].[Y].[Y].[Y].[Y].[Y].[Y].[Y].[Y].[Y].[Y].[Y].[Y]. The molecule has 0 saturated heterocycles. The van der Waals surface area contributed by atoms with Gasteiger partial charge in [0.25, 0.3) is 0 Å². The number of nitrogens with one attached hydrogen (secondary N) is 1. The molecule has 64 heavy (non-hydrogen) atoms. The first-order valence-corrected chi connectivity index (χ1v) is 20.4. The monoisotopic (exact) mass is 2410 g/mol. The Kier molecular flexibility index (Phi) is 145. The molecule has 2 N–H and O–H groups in total. The van der Waals surface area contributed by atoms with Gasteiger partial charge < -0.3 is 19.5 Å². The Balaban J connectivity index is -0.0000000736. The zero-order chi connectivity index (χ0) is 32.1. The summed E-state index contributed by atoms with van der Waals surface area (Å²) in [6.07, 6.45) is 19.7. The van der Waals surface area contributed by atoms with Gasteiger partial charge in [0.1, 0.15) is 6.10 Å². The van der Waals surface area contributed by atoms with Crippen molar-refractivity contribution in [3.05, 3.63) is 11.6 Å². The van der Waals surface area contributed by atoms with Crippen LogP contribution in [0.3, 0.4) is 0 Å². The largest absolute Gasteiger partial charge is 0.446 e. The minimum absolute atomic E-state index is 0. The average Bonchev–Trinajstić information content (AvgIpc) is 3.31. The van der Waals surface area contributed by atoms with Gasteiger partial charge in [-0.2, -0.15) is 0 Å². The summed E-state index contributed by atoms with van der Waals surface area (Å²) in [5.41, 5.74) is 2.34. The molecule has 0 aromatic carbocycles. The second-order valence-corrected chi connectivity index (χ2v) is 18.1. The molecule has 0 heterocycles. The summed E-state index contributed by atoms with van der Waals surface area (Å²) < 4.78 is 22.0. The Morgan fingerprint density at radius 1 is 0.734 bits per heavy atom. The Hall–Kier alpha value is 21.2. The number of hydrogen-bond donors (Lipinski definition) is 2. The van der Waals surface area contributed by atoms with Crippen LogP contribution in [0.5, 0.6) is 0 Å². The van der Waals surface area contributed by atoms with Gasteiger partial charge in [-0.25, -0.2) is 4.79 Å². The van der Waals surface area contributed by atoms with E-state index in [0.717, 1.165) is 86.4 Å². The van der Waals surface area contributed by atoms with E-state index in [1.807, 2.05) is 0 Å². The maximum atomic E-state index is 12.6. The summed E-state index contributed by atoms with van der Waals surface area (Å²) in [4.78, 5) is 21.7. The first-order chi connectivity index (χ1) is 20.8. The topological polar surface area (TPSA) is 84.9 Å². The number of allylic oxidation sites excluding steroid dienone is 1. The Morgan fingerprint density at radius 2 is 1.25 bits per heavy atom. The zero-order valence-corrected chi connectivity index (χ0v) is 98.5. The molecule has 6 nitrogen and oxygen atoms in total. The van der Waals surface area contributed by atoms with Crippen LogP contribution in [0.2, 0.25) is 0 Å². The molecule has 4 aliphatic carbocycles. The van der Waals surface area contributed by atoms with Gasteiger partial charge in [-0.15, -0.1) is 0 Å². The third-order valence-corrected chi connectivity index (χ3v) is 13.9. The van der Waals surface area contributed by atoms with E-state index in [9.17, 15) is 9.36 Å². The van der Waals surface area contributed by atoms with Crippen LogP contribution in [0.1, 0.15) is 138 Å². The molecule has 0 aliphatic heterocycles. The molecule has 0 aromatic rings. The van der Waals surface area contributed by atoms with Crippen molar-refractivity contribution < 1.29 is 678 Å². The van der Waals surface area contributed by atoms with Crippen molar-refractivity contribution in [3.8, 4) is 0 Å². The third-order valence-electron chi connectivity index (χ3n) is 13.2. The van der Waals surface area contributed by atoms with Gasteiger partial charge in [0.05, 0.1) is 6.61 Å². The molecule has 1 unspecified atom stereocenters. The summed E-state index contributed by atoms with van der Waals surface area (Å²) >= 11 is 0. The smallest absolute Gasteiger partial charge is 0.407 e. The fourth-order valence-electron chi connectivity index (χ4n) is 10.6. The number of carbonyl (C=O) groups is 1. The average molecular weight is 2410 g/mol. The van der Waals surface area contributed by atoms with Gasteiger partial charge >= 0.3 is 13.7 Å². The van der Waals surface area contributed by atoms with E-state index in [1.165, 1.54) is 58.0 Å². The van der Waals surface area contributed by atoms with Crippen molar-refractivity contribution in [2.75, 3.05) is 19.8 Å². The van der Waals surface area contributed by atoms with Crippen LogP contribution in [0, 0.1) is 52.3 Å². The summed E-state index contributed by atoms with van der Waals surface area (Å²) in [5.74, 6) is 5.86. The van der Waals surface area contributed by atoms with Gasteiger partial charge in [0.2, 0.25) is 0 Å². The second kappa shape index (κ2) is 71.7. The molecule has 10 atom stereocenters. The summed E-state index contributed by atoms with van der Waals surface area (Å²) in [6, 6.07) is 0. The number of fused-ring (bicyclic) bond motifs is 5. The van der Waals surface area contributed by atoms with Crippen LogP contribution < -0.4 is 5.32 Å². The fraction of sp³-hybridized carbons (Fsp3) is 0.919. The minimum atomic E-state index is -3.38. The van der Waals surface area contributed by atoms with Crippen molar-refractivity contribution in [1.82, 2.24) is 5.32 Å². The van der Waals surface area contributed by atoms with Crippen molar-refractivity contribution in [2.24, 2.45) is 52.3 Å². The van der Waals surface area contributed by atoms with Gasteiger partial charge in [-0.1, -0.05) is 78.9 Å². The van der Waals surface area contributed by atoms with Crippen molar-refractivity contribution in [3.63, 3.8) is 0 Å². The third kappa shape index (κ3) is 46.3. The first kappa shape index (κ1) is 130. The minimum Gasteiger partial charge on any atom is -0.446 e. The number of rotatable bonds is 15. The fourth-order valence-corrected chi connectivity index (χ4v) is 11.1. The number of unbranched alkanes of at least 4 members (excludes halogenated alkanes) is 3. The van der Waals surface area contributed by atoms with E-state index >= 15 is 0 Å². The van der Waals surface area contributed by atoms with Crippen LogP contribution >= 0.6 is 7.60 Å². The van der Waals surface area contributed by atoms with Gasteiger partial charge in [-0.3, -0.25) is 4.57 Å². The zero-order valence-electron chi connectivity index (χ0n) is 40.8. The molecule has 4 aliphatic rings. The van der Waals surface area contributed by atoms with Crippen LogP contribution in [0.25, 0.3) is 0 Å². The Morgan fingerprint density at radius 3 is 1.73 bits per heavy atom. The maximum Gasteiger partial charge on any atom is 0.407 e. The summed E-state index contributed by atoms with van der Waals surface area (Å²) in [5, 5.41) is 2.94. The molecule has 1 amide bonds. The Bertz CT molecular complexity index is 1080. The predicted molar refractivity (Wildman–Crippen MR) is 181 cm³/mol.